The molecule has 1 aromatic heterocycles. The Morgan fingerprint density at radius 1 is 0.939 bits per heavy atom. The molecule has 168 valence electrons. The molecular weight excluding hydrogens is 431 g/mol. The zero-order chi connectivity index (χ0) is 23.3. The van der Waals surface area contributed by atoms with E-state index < -0.39 is 11.7 Å². The minimum Gasteiger partial charge on any atom is -0.347 e. The Balaban J connectivity index is 1.47. The lowest BCUT2D eigenvalue weighted by Gasteiger charge is -2.19. The Bertz CT molecular complexity index is 1210. The van der Waals surface area contributed by atoms with E-state index in [2.05, 4.69) is 20.7 Å². The van der Waals surface area contributed by atoms with Crippen molar-refractivity contribution in [3.63, 3.8) is 0 Å². The number of alkyl halides is 3. The van der Waals surface area contributed by atoms with Crippen molar-refractivity contribution in [3.05, 3.63) is 102 Å². The first-order valence-electron chi connectivity index (χ1n) is 10.2. The van der Waals surface area contributed by atoms with Gasteiger partial charge in [-0.1, -0.05) is 72.8 Å². The van der Waals surface area contributed by atoms with Crippen LogP contribution in [0, 0.1) is 0 Å². The zero-order valence-corrected chi connectivity index (χ0v) is 17.4. The summed E-state index contributed by atoms with van der Waals surface area (Å²) in [7, 11) is 0. The Morgan fingerprint density at radius 2 is 1.64 bits per heavy atom. The molecule has 0 aliphatic heterocycles. The third kappa shape index (κ3) is 5.82. The van der Waals surface area contributed by atoms with Crippen LogP contribution in [0.4, 0.5) is 13.2 Å². The van der Waals surface area contributed by atoms with Crippen molar-refractivity contribution < 1.29 is 18.0 Å². The van der Waals surface area contributed by atoms with Crippen LogP contribution in [0.5, 0.6) is 0 Å². The number of nitrogens with one attached hydrogen (secondary N) is 1. The molecule has 0 bridgehead atoms. The van der Waals surface area contributed by atoms with Crippen LogP contribution in [-0.2, 0) is 23.9 Å². The number of aromatic nitrogens is 4. The number of rotatable bonds is 7. The number of hydrogen-bond donors (Lipinski definition) is 1. The van der Waals surface area contributed by atoms with Gasteiger partial charge in [0, 0.05) is 5.56 Å². The Morgan fingerprint density at radius 3 is 2.33 bits per heavy atom. The molecule has 9 heteroatoms. The molecule has 0 aliphatic carbocycles. The maximum absolute atomic E-state index is 13.0. The van der Waals surface area contributed by atoms with Crippen LogP contribution in [0.1, 0.15) is 22.7 Å². The zero-order valence-electron chi connectivity index (χ0n) is 17.4. The number of tetrazole rings is 1. The second kappa shape index (κ2) is 9.64. The van der Waals surface area contributed by atoms with Crippen molar-refractivity contribution in [1.29, 1.82) is 0 Å². The lowest BCUT2D eigenvalue weighted by Crippen LogP contribution is -2.33. The number of carbonyl (C=O) groups excluding carboxylic acids is 1. The van der Waals surface area contributed by atoms with E-state index in [0.29, 0.717) is 6.42 Å². The highest BCUT2D eigenvalue weighted by molar-refractivity contribution is 5.76. The second-order valence-electron chi connectivity index (χ2n) is 7.44. The van der Waals surface area contributed by atoms with Gasteiger partial charge in [-0.25, -0.2) is 0 Å². The first kappa shape index (κ1) is 22.2. The van der Waals surface area contributed by atoms with Gasteiger partial charge in [0.2, 0.25) is 11.7 Å². The highest BCUT2D eigenvalue weighted by Crippen LogP contribution is 2.31. The van der Waals surface area contributed by atoms with E-state index in [1.807, 2.05) is 60.7 Å². The van der Waals surface area contributed by atoms with E-state index in [9.17, 15) is 18.0 Å². The standard InChI is InChI=1S/C24H20F3N5O/c25-24(26,27)20-13-7-12-19(15-20)23-29-31-32(30-23)16-22(33)28-21(18-10-5-2-6-11-18)14-17-8-3-1-4-9-17/h1-13,15,21H,14,16H2,(H,28,33)/t21-/m1/s1. The van der Waals surface area contributed by atoms with Crippen molar-refractivity contribution in [3.8, 4) is 11.4 Å². The summed E-state index contributed by atoms with van der Waals surface area (Å²) in [4.78, 5) is 13.8. The highest BCUT2D eigenvalue weighted by Gasteiger charge is 2.30. The molecule has 1 heterocycles. The fourth-order valence-corrected chi connectivity index (χ4v) is 3.42. The van der Waals surface area contributed by atoms with Gasteiger partial charge in [0.1, 0.15) is 6.54 Å². The van der Waals surface area contributed by atoms with Crippen LogP contribution in [-0.4, -0.2) is 26.1 Å². The average molecular weight is 451 g/mol. The molecule has 6 nitrogen and oxygen atoms in total. The van der Waals surface area contributed by atoms with Gasteiger partial charge < -0.3 is 5.32 Å². The summed E-state index contributed by atoms with van der Waals surface area (Å²) in [6, 6.07) is 23.8. The van der Waals surface area contributed by atoms with Gasteiger partial charge in [-0.05, 0) is 34.9 Å². The summed E-state index contributed by atoms with van der Waals surface area (Å²) in [5.41, 5.74) is 1.38. The van der Waals surface area contributed by atoms with Gasteiger partial charge >= 0.3 is 6.18 Å². The predicted octanol–water partition coefficient (Wildman–Crippen LogP) is 4.46. The minimum atomic E-state index is -4.48. The summed E-state index contributed by atoms with van der Waals surface area (Å²) in [5, 5.41) is 14.7. The molecule has 0 aliphatic rings. The number of benzene rings is 3. The fourth-order valence-electron chi connectivity index (χ4n) is 3.42. The van der Waals surface area contributed by atoms with Crippen molar-refractivity contribution >= 4 is 5.91 Å². The van der Waals surface area contributed by atoms with Crippen LogP contribution >= 0.6 is 0 Å². The Labute approximate surface area is 188 Å². The van der Waals surface area contributed by atoms with Crippen molar-refractivity contribution in [2.75, 3.05) is 0 Å². The highest BCUT2D eigenvalue weighted by atomic mass is 19.4. The number of halogens is 3. The lowest BCUT2D eigenvalue weighted by molar-refractivity contribution is -0.137. The monoisotopic (exact) mass is 451 g/mol. The van der Waals surface area contributed by atoms with Crippen LogP contribution in [0.3, 0.4) is 0 Å². The van der Waals surface area contributed by atoms with Crippen molar-refractivity contribution in [2.24, 2.45) is 0 Å². The summed E-state index contributed by atoms with van der Waals surface area (Å²) in [6.45, 7) is -0.218. The first-order valence-corrected chi connectivity index (χ1v) is 10.2. The van der Waals surface area contributed by atoms with E-state index in [-0.39, 0.29) is 29.9 Å². The average Bonchev–Trinajstić information content (AvgIpc) is 3.28. The van der Waals surface area contributed by atoms with Gasteiger partial charge in [-0.15, -0.1) is 10.2 Å². The predicted molar refractivity (Wildman–Crippen MR) is 116 cm³/mol. The van der Waals surface area contributed by atoms with Crippen molar-refractivity contribution in [1.82, 2.24) is 25.5 Å². The maximum Gasteiger partial charge on any atom is 0.416 e. The number of amides is 1. The van der Waals surface area contributed by atoms with Gasteiger partial charge in [-0.3, -0.25) is 4.79 Å². The van der Waals surface area contributed by atoms with Crippen molar-refractivity contribution in [2.45, 2.75) is 25.2 Å². The molecule has 33 heavy (non-hydrogen) atoms. The van der Waals surface area contributed by atoms with E-state index in [1.54, 1.807) is 0 Å². The first-order chi connectivity index (χ1) is 15.9. The summed E-state index contributed by atoms with van der Waals surface area (Å²) < 4.78 is 38.9. The topological polar surface area (TPSA) is 72.7 Å². The molecule has 0 saturated heterocycles. The van der Waals surface area contributed by atoms with Gasteiger partial charge in [0.15, 0.2) is 0 Å². The molecule has 4 rings (SSSR count). The molecule has 0 saturated carbocycles. The quantitative estimate of drug-likeness (QED) is 0.450. The largest absolute Gasteiger partial charge is 0.416 e. The minimum absolute atomic E-state index is 0.0118. The third-order valence-electron chi connectivity index (χ3n) is 5.01. The Hall–Kier alpha value is -4.01. The molecule has 0 fully saturated rings. The van der Waals surface area contributed by atoms with E-state index >= 15 is 0 Å². The number of hydrogen-bond acceptors (Lipinski definition) is 4. The van der Waals surface area contributed by atoms with Crippen LogP contribution in [0.2, 0.25) is 0 Å². The summed E-state index contributed by atoms with van der Waals surface area (Å²) in [6.07, 6.45) is -3.88. The van der Waals surface area contributed by atoms with E-state index in [1.165, 1.54) is 12.1 Å². The van der Waals surface area contributed by atoms with Gasteiger partial charge in [-0.2, -0.15) is 18.0 Å². The fraction of sp³-hybridized carbons (Fsp3) is 0.167. The summed E-state index contributed by atoms with van der Waals surface area (Å²) >= 11 is 0. The van der Waals surface area contributed by atoms with Crippen LogP contribution in [0.15, 0.2) is 84.9 Å². The molecule has 0 radical (unpaired) electrons. The maximum atomic E-state index is 13.0. The Kier molecular flexibility index (Phi) is 6.48. The molecule has 0 spiro atoms. The molecule has 1 amide bonds. The third-order valence-corrected chi connectivity index (χ3v) is 5.01. The molecule has 0 unspecified atom stereocenters. The van der Waals surface area contributed by atoms with Gasteiger partial charge in [0.05, 0.1) is 11.6 Å². The lowest BCUT2D eigenvalue weighted by atomic mass is 9.99. The van der Waals surface area contributed by atoms with E-state index in [4.69, 9.17) is 0 Å². The number of carbonyl (C=O) groups is 1. The molecule has 1 N–H and O–H groups in total. The normalized spacial score (nSPS) is 12.3. The molecular formula is C24H20F3N5O. The molecule has 4 aromatic rings. The number of nitrogens with zero attached hydrogens (tertiary/aromatic N) is 4. The SMILES string of the molecule is O=C(Cn1nnc(-c2cccc(C(F)(F)F)c2)n1)N[C@H](Cc1ccccc1)c1ccccc1. The van der Waals surface area contributed by atoms with Gasteiger partial charge in [0.25, 0.3) is 0 Å². The molecule has 3 aromatic carbocycles. The smallest absolute Gasteiger partial charge is 0.347 e. The van der Waals surface area contributed by atoms with Crippen LogP contribution < -0.4 is 5.32 Å². The molecule has 1 atom stereocenters. The summed E-state index contributed by atoms with van der Waals surface area (Å²) in [5.74, 6) is -0.328. The second-order valence-corrected chi connectivity index (χ2v) is 7.44. The van der Waals surface area contributed by atoms with E-state index in [0.717, 1.165) is 28.1 Å². The van der Waals surface area contributed by atoms with Crippen LogP contribution in [0.25, 0.3) is 11.4 Å².